The lowest BCUT2D eigenvalue weighted by molar-refractivity contribution is -0.141. The van der Waals surface area contributed by atoms with Crippen LogP contribution in [0.4, 0.5) is 5.69 Å². The molecule has 3 atom stereocenters. The molecule has 2 saturated heterocycles. The number of para-hydroxylation sites is 1. The summed E-state index contributed by atoms with van der Waals surface area (Å²) in [5, 5.41) is 3.92. The van der Waals surface area contributed by atoms with E-state index in [1.54, 1.807) is 22.9 Å². The monoisotopic (exact) mass is 385 g/mol. The van der Waals surface area contributed by atoms with Gasteiger partial charge in [0.2, 0.25) is 11.8 Å². The first-order valence-electron chi connectivity index (χ1n) is 8.55. The van der Waals surface area contributed by atoms with E-state index < -0.39 is 0 Å². The number of rotatable bonds is 3. The Labute approximate surface area is 160 Å². The molecule has 138 valence electrons. The van der Waals surface area contributed by atoms with Crippen LogP contribution in [0.1, 0.15) is 26.2 Å². The number of amides is 2. The van der Waals surface area contributed by atoms with Crippen molar-refractivity contribution in [1.29, 1.82) is 0 Å². The minimum Gasteiger partial charge on any atom is -0.333 e. The summed E-state index contributed by atoms with van der Waals surface area (Å²) in [5.74, 6) is 0.0528. The van der Waals surface area contributed by atoms with E-state index in [2.05, 4.69) is 12.2 Å². The molecule has 0 aliphatic carbocycles. The van der Waals surface area contributed by atoms with Gasteiger partial charge in [-0.1, -0.05) is 23.7 Å². The average Bonchev–Trinajstić information content (AvgIpc) is 2.95. The Hall–Kier alpha value is -1.30. The molecule has 2 aliphatic heterocycles. The van der Waals surface area contributed by atoms with Crippen molar-refractivity contribution in [2.45, 2.75) is 38.3 Å². The predicted molar refractivity (Wildman–Crippen MR) is 102 cm³/mol. The van der Waals surface area contributed by atoms with E-state index in [9.17, 15) is 9.59 Å². The SMILES string of the molecule is C[C@H]1C[C@@H](C(=O)N(C)C2CCN(c3ccccc3Cl)C2=O)CCN1.Cl. The Morgan fingerprint density at radius 2 is 2.04 bits per heavy atom. The zero-order valence-electron chi connectivity index (χ0n) is 14.6. The zero-order chi connectivity index (χ0) is 17.3. The van der Waals surface area contributed by atoms with Crippen molar-refractivity contribution in [3.63, 3.8) is 0 Å². The normalized spacial score (nSPS) is 26.3. The minimum atomic E-state index is -0.390. The highest BCUT2D eigenvalue weighted by Crippen LogP contribution is 2.31. The van der Waals surface area contributed by atoms with E-state index in [1.165, 1.54) is 0 Å². The van der Waals surface area contributed by atoms with E-state index >= 15 is 0 Å². The Morgan fingerprint density at radius 3 is 2.72 bits per heavy atom. The fourth-order valence-electron chi connectivity index (χ4n) is 3.73. The number of piperidine rings is 1. The number of nitrogens with one attached hydrogen (secondary N) is 1. The standard InChI is InChI=1S/C18H24ClN3O2.ClH/c1-12-11-13(7-9-20-12)17(23)21(2)16-8-10-22(18(16)24)15-6-4-3-5-14(15)19;/h3-6,12-13,16,20H,7-11H2,1-2H3;1H/t12-,13-,16?;/m0./s1. The summed E-state index contributed by atoms with van der Waals surface area (Å²) in [5.41, 5.74) is 0.725. The number of hydrogen-bond donors (Lipinski definition) is 1. The summed E-state index contributed by atoms with van der Waals surface area (Å²) in [6, 6.07) is 7.30. The molecule has 3 rings (SSSR count). The van der Waals surface area contributed by atoms with Crippen LogP contribution in [0.5, 0.6) is 0 Å². The molecule has 25 heavy (non-hydrogen) atoms. The van der Waals surface area contributed by atoms with Crippen molar-refractivity contribution < 1.29 is 9.59 Å². The summed E-state index contributed by atoms with van der Waals surface area (Å²) in [6.07, 6.45) is 2.31. The third-order valence-electron chi connectivity index (χ3n) is 5.11. The number of nitrogens with zero attached hydrogens (tertiary/aromatic N) is 2. The minimum absolute atomic E-state index is 0. The maximum atomic E-state index is 12.8. The molecule has 1 aromatic carbocycles. The van der Waals surface area contributed by atoms with E-state index in [-0.39, 0.29) is 36.2 Å². The van der Waals surface area contributed by atoms with Gasteiger partial charge in [-0.3, -0.25) is 9.59 Å². The van der Waals surface area contributed by atoms with Gasteiger partial charge < -0.3 is 15.1 Å². The molecular weight excluding hydrogens is 361 g/mol. The van der Waals surface area contributed by atoms with Crippen LogP contribution in [0.3, 0.4) is 0 Å². The molecule has 0 spiro atoms. The highest BCUT2D eigenvalue weighted by atomic mass is 35.5. The zero-order valence-corrected chi connectivity index (χ0v) is 16.1. The van der Waals surface area contributed by atoms with Crippen molar-refractivity contribution in [2.24, 2.45) is 5.92 Å². The fraction of sp³-hybridized carbons (Fsp3) is 0.556. The average molecular weight is 386 g/mol. The van der Waals surface area contributed by atoms with Gasteiger partial charge in [0.05, 0.1) is 10.7 Å². The number of hydrogen-bond acceptors (Lipinski definition) is 3. The van der Waals surface area contributed by atoms with Crippen LogP contribution in [-0.2, 0) is 9.59 Å². The van der Waals surface area contributed by atoms with Crippen LogP contribution in [-0.4, -0.2) is 48.9 Å². The number of halogens is 2. The van der Waals surface area contributed by atoms with Crippen LogP contribution in [0.25, 0.3) is 0 Å². The van der Waals surface area contributed by atoms with Crippen molar-refractivity contribution in [3.8, 4) is 0 Å². The second-order valence-corrected chi connectivity index (χ2v) is 7.18. The number of benzene rings is 1. The van der Waals surface area contributed by atoms with Gasteiger partial charge in [0, 0.05) is 25.6 Å². The molecule has 1 N–H and O–H groups in total. The van der Waals surface area contributed by atoms with Gasteiger partial charge >= 0.3 is 0 Å². The highest BCUT2D eigenvalue weighted by molar-refractivity contribution is 6.34. The van der Waals surface area contributed by atoms with Crippen molar-refractivity contribution in [2.75, 3.05) is 25.0 Å². The Morgan fingerprint density at radius 1 is 1.32 bits per heavy atom. The first kappa shape index (κ1) is 20.0. The predicted octanol–water partition coefficient (Wildman–Crippen LogP) is 2.71. The van der Waals surface area contributed by atoms with Gasteiger partial charge in [0.15, 0.2) is 0 Å². The maximum absolute atomic E-state index is 12.8. The lowest BCUT2D eigenvalue weighted by atomic mass is 9.91. The van der Waals surface area contributed by atoms with Crippen LogP contribution in [0, 0.1) is 5.92 Å². The lowest BCUT2D eigenvalue weighted by Gasteiger charge is -2.32. The molecule has 1 unspecified atom stereocenters. The van der Waals surface area contributed by atoms with Crippen LogP contribution < -0.4 is 10.2 Å². The molecule has 5 nitrogen and oxygen atoms in total. The second kappa shape index (κ2) is 8.39. The summed E-state index contributed by atoms with van der Waals surface area (Å²) < 4.78 is 0. The molecule has 0 bridgehead atoms. The molecular formula is C18H25Cl2N3O2. The molecule has 2 amide bonds. The lowest BCUT2D eigenvalue weighted by Crippen LogP contribution is -2.48. The topological polar surface area (TPSA) is 52.7 Å². The van der Waals surface area contributed by atoms with Gasteiger partial charge in [0.1, 0.15) is 6.04 Å². The quantitative estimate of drug-likeness (QED) is 0.869. The van der Waals surface area contributed by atoms with Gasteiger partial charge in [-0.05, 0) is 44.9 Å². The van der Waals surface area contributed by atoms with Gasteiger partial charge in [-0.2, -0.15) is 0 Å². The van der Waals surface area contributed by atoms with E-state index in [0.717, 1.165) is 25.1 Å². The maximum Gasteiger partial charge on any atom is 0.249 e. The molecule has 1 aromatic rings. The summed E-state index contributed by atoms with van der Waals surface area (Å²) in [6.45, 7) is 3.54. The fourth-order valence-corrected chi connectivity index (χ4v) is 3.97. The molecule has 2 aliphatic rings. The first-order chi connectivity index (χ1) is 11.5. The number of carbonyl (C=O) groups is 2. The van der Waals surface area contributed by atoms with Crippen LogP contribution in [0.15, 0.2) is 24.3 Å². The summed E-state index contributed by atoms with van der Waals surface area (Å²) >= 11 is 6.22. The molecule has 0 saturated carbocycles. The molecule has 0 radical (unpaired) electrons. The Balaban J connectivity index is 0.00000225. The summed E-state index contributed by atoms with van der Waals surface area (Å²) in [7, 11) is 1.76. The van der Waals surface area contributed by atoms with Crippen LogP contribution >= 0.6 is 24.0 Å². The molecule has 7 heteroatoms. The third kappa shape index (κ3) is 4.10. The van der Waals surface area contributed by atoms with Gasteiger partial charge in [-0.25, -0.2) is 0 Å². The van der Waals surface area contributed by atoms with E-state index in [0.29, 0.717) is 24.0 Å². The number of carbonyl (C=O) groups excluding carboxylic acids is 2. The largest absolute Gasteiger partial charge is 0.333 e. The Bertz CT molecular complexity index is 641. The molecule has 2 fully saturated rings. The smallest absolute Gasteiger partial charge is 0.249 e. The van der Waals surface area contributed by atoms with Crippen molar-refractivity contribution in [1.82, 2.24) is 10.2 Å². The third-order valence-corrected chi connectivity index (χ3v) is 5.43. The number of anilines is 1. The first-order valence-corrected chi connectivity index (χ1v) is 8.92. The van der Waals surface area contributed by atoms with Crippen molar-refractivity contribution >= 4 is 41.5 Å². The molecule has 2 heterocycles. The van der Waals surface area contributed by atoms with Gasteiger partial charge in [0.25, 0.3) is 0 Å². The van der Waals surface area contributed by atoms with E-state index in [4.69, 9.17) is 11.6 Å². The second-order valence-electron chi connectivity index (χ2n) is 6.77. The number of likely N-dealkylation sites (N-methyl/N-ethyl adjacent to an activating group) is 1. The van der Waals surface area contributed by atoms with Crippen molar-refractivity contribution in [3.05, 3.63) is 29.3 Å². The Kier molecular flexibility index (Phi) is 6.72. The van der Waals surface area contributed by atoms with Gasteiger partial charge in [-0.15, -0.1) is 12.4 Å². The van der Waals surface area contributed by atoms with E-state index in [1.807, 2.05) is 18.2 Å². The molecule has 0 aromatic heterocycles. The van der Waals surface area contributed by atoms with Crippen LogP contribution in [0.2, 0.25) is 5.02 Å². The summed E-state index contributed by atoms with van der Waals surface area (Å²) in [4.78, 5) is 29.0. The highest BCUT2D eigenvalue weighted by Gasteiger charge is 2.39.